The first-order valence-electron chi connectivity index (χ1n) is 15.4. The molecule has 0 radical (unpaired) electrons. The molecule has 6 bridgehead atoms. The van der Waals surface area contributed by atoms with Gasteiger partial charge in [-0.1, -0.05) is 42.5 Å². The summed E-state index contributed by atoms with van der Waals surface area (Å²) in [6.07, 6.45) is 5.96. The van der Waals surface area contributed by atoms with Crippen LogP contribution in [0.15, 0.2) is 54.6 Å². The fourth-order valence-corrected chi connectivity index (χ4v) is 11.3. The van der Waals surface area contributed by atoms with E-state index in [1.807, 2.05) is 30.3 Å². The van der Waals surface area contributed by atoms with E-state index in [9.17, 15) is 19.2 Å². The fourth-order valence-electron chi connectivity index (χ4n) is 11.3. The molecule has 8 rings (SSSR count). The van der Waals surface area contributed by atoms with E-state index in [4.69, 9.17) is 18.9 Å². The first-order chi connectivity index (χ1) is 21.2. The Morgan fingerprint density at radius 1 is 0.705 bits per heavy atom. The van der Waals surface area contributed by atoms with Crippen LogP contribution in [0, 0.1) is 35.5 Å². The summed E-state index contributed by atoms with van der Waals surface area (Å²) in [5.41, 5.74) is 0.313. The van der Waals surface area contributed by atoms with Gasteiger partial charge in [-0.05, 0) is 54.2 Å². The van der Waals surface area contributed by atoms with Crippen LogP contribution >= 0.6 is 0 Å². The third kappa shape index (κ3) is 3.08. The Hall–Kier alpha value is -3.98. The number of nitrogens with zero attached hydrogens (tertiary/aromatic N) is 1. The van der Waals surface area contributed by atoms with E-state index in [0.29, 0.717) is 24.5 Å². The summed E-state index contributed by atoms with van der Waals surface area (Å²) in [7, 11) is 2.87. The van der Waals surface area contributed by atoms with E-state index in [2.05, 4.69) is 17.1 Å². The van der Waals surface area contributed by atoms with Gasteiger partial charge in [0.1, 0.15) is 22.6 Å². The first-order valence-corrected chi connectivity index (χ1v) is 15.4. The SMILES string of the molecule is COC(=O)[C@]12[C@@H]3[C@@H]([C@H]4C=C[C@@H]3C4)[C@](C(=O)OC)([C@@H]3[C@H]1[C@@H]1C[C@H]3c3c(OC(C)=O)ccc(OC(C)=O)c31)N2Cc1ccccc1. The highest BCUT2D eigenvalue weighted by molar-refractivity contribution is 5.93. The maximum absolute atomic E-state index is 14.7. The van der Waals surface area contributed by atoms with Crippen LogP contribution < -0.4 is 9.47 Å². The molecule has 10 atom stereocenters. The van der Waals surface area contributed by atoms with Crippen molar-refractivity contribution < 1.29 is 38.1 Å². The van der Waals surface area contributed by atoms with Crippen LogP contribution in [0.3, 0.4) is 0 Å². The molecule has 2 saturated heterocycles. The second-order valence-corrected chi connectivity index (χ2v) is 13.3. The van der Waals surface area contributed by atoms with Crippen LogP contribution in [0.1, 0.15) is 55.2 Å². The number of hydrogen-bond acceptors (Lipinski definition) is 9. The van der Waals surface area contributed by atoms with Crippen molar-refractivity contribution in [2.24, 2.45) is 35.5 Å². The quantitative estimate of drug-likeness (QED) is 0.276. The molecule has 2 aromatic carbocycles. The van der Waals surface area contributed by atoms with E-state index in [0.717, 1.165) is 23.1 Å². The Balaban J connectivity index is 1.43. The normalized spacial score (nSPS) is 37.8. The van der Waals surface area contributed by atoms with Crippen LogP contribution in [-0.4, -0.2) is 54.1 Å². The molecule has 44 heavy (non-hydrogen) atoms. The van der Waals surface area contributed by atoms with E-state index in [-0.39, 0.29) is 59.3 Å². The van der Waals surface area contributed by atoms with Gasteiger partial charge in [-0.2, -0.15) is 0 Å². The third-order valence-corrected chi connectivity index (χ3v) is 11.8. The summed E-state index contributed by atoms with van der Waals surface area (Å²) in [5, 5.41) is 0. The summed E-state index contributed by atoms with van der Waals surface area (Å²) < 4.78 is 23.0. The number of esters is 4. The lowest BCUT2D eigenvalue weighted by Crippen LogP contribution is -2.60. The van der Waals surface area contributed by atoms with E-state index in [1.165, 1.54) is 28.1 Å². The molecular formula is C35H35NO8. The number of carbonyl (C=O) groups excluding carboxylic acids is 4. The van der Waals surface area contributed by atoms with Gasteiger partial charge in [-0.25, -0.2) is 0 Å². The largest absolute Gasteiger partial charge is 0.468 e. The second kappa shape index (κ2) is 9.27. The summed E-state index contributed by atoms with van der Waals surface area (Å²) >= 11 is 0. The van der Waals surface area contributed by atoms with Crippen molar-refractivity contribution in [1.29, 1.82) is 0 Å². The molecule has 228 valence electrons. The molecule has 4 fully saturated rings. The summed E-state index contributed by atoms with van der Waals surface area (Å²) in [6.45, 7) is 3.08. The lowest BCUT2D eigenvalue weighted by Gasteiger charge is -2.50. The minimum absolute atomic E-state index is 0.119. The van der Waals surface area contributed by atoms with Gasteiger partial charge in [0.05, 0.1) is 14.2 Å². The van der Waals surface area contributed by atoms with Crippen molar-refractivity contribution >= 4 is 23.9 Å². The summed E-state index contributed by atoms with van der Waals surface area (Å²) in [6, 6.07) is 13.3. The lowest BCUT2D eigenvalue weighted by atomic mass is 9.50. The number of hydrogen-bond donors (Lipinski definition) is 0. The predicted octanol–water partition coefficient (Wildman–Crippen LogP) is 4.15. The van der Waals surface area contributed by atoms with Crippen LogP contribution in [-0.2, 0) is 35.2 Å². The molecule has 2 saturated carbocycles. The summed E-state index contributed by atoms with van der Waals surface area (Å²) in [5.74, 6) is -1.93. The molecule has 2 aliphatic heterocycles. The fraction of sp³-hybridized carbons (Fsp3) is 0.486. The average molecular weight is 598 g/mol. The molecule has 9 heteroatoms. The van der Waals surface area contributed by atoms with Gasteiger partial charge in [0.15, 0.2) is 0 Å². The Kier molecular flexibility index (Phi) is 5.80. The Labute approximate surface area is 255 Å². The van der Waals surface area contributed by atoms with Gasteiger partial charge in [-0.15, -0.1) is 0 Å². The van der Waals surface area contributed by atoms with Crippen molar-refractivity contribution in [2.75, 3.05) is 14.2 Å². The van der Waals surface area contributed by atoms with Gasteiger partial charge >= 0.3 is 23.9 Å². The third-order valence-electron chi connectivity index (χ3n) is 11.8. The minimum atomic E-state index is -1.12. The molecule has 0 amide bonds. The molecule has 0 unspecified atom stereocenters. The van der Waals surface area contributed by atoms with Crippen LogP contribution in [0.25, 0.3) is 0 Å². The molecule has 6 aliphatic rings. The zero-order chi connectivity index (χ0) is 30.7. The number of fused-ring (bicyclic) bond motifs is 19. The highest BCUT2D eigenvalue weighted by Gasteiger charge is 2.90. The topological polar surface area (TPSA) is 108 Å². The minimum Gasteiger partial charge on any atom is -0.468 e. The molecular weight excluding hydrogens is 562 g/mol. The Morgan fingerprint density at radius 2 is 1.18 bits per heavy atom. The molecule has 0 N–H and O–H groups in total. The number of ether oxygens (including phenoxy) is 4. The summed E-state index contributed by atoms with van der Waals surface area (Å²) in [4.78, 5) is 56.1. The van der Waals surface area contributed by atoms with Crippen LogP contribution in [0.2, 0.25) is 0 Å². The first kappa shape index (κ1) is 27.6. The number of allylic oxidation sites excluding steroid dienone is 2. The molecule has 2 aromatic rings. The van der Waals surface area contributed by atoms with Gasteiger partial charge in [-0.3, -0.25) is 24.1 Å². The van der Waals surface area contributed by atoms with E-state index < -0.39 is 23.0 Å². The van der Waals surface area contributed by atoms with Crippen molar-refractivity contribution in [2.45, 2.75) is 56.1 Å². The van der Waals surface area contributed by atoms with Gasteiger partial charge < -0.3 is 18.9 Å². The highest BCUT2D eigenvalue weighted by Crippen LogP contribution is 2.82. The number of benzene rings is 2. The number of methoxy groups -OCH3 is 2. The number of rotatable bonds is 6. The zero-order valence-electron chi connectivity index (χ0n) is 25.1. The van der Waals surface area contributed by atoms with Crippen LogP contribution in [0.4, 0.5) is 0 Å². The van der Waals surface area contributed by atoms with Crippen molar-refractivity contribution in [3.63, 3.8) is 0 Å². The Bertz CT molecular complexity index is 1550. The monoisotopic (exact) mass is 597 g/mol. The second-order valence-electron chi connectivity index (χ2n) is 13.3. The van der Waals surface area contributed by atoms with E-state index in [1.54, 1.807) is 12.1 Å². The van der Waals surface area contributed by atoms with Crippen molar-refractivity contribution in [3.8, 4) is 11.5 Å². The maximum atomic E-state index is 14.7. The van der Waals surface area contributed by atoms with Gasteiger partial charge in [0.2, 0.25) is 0 Å². The zero-order valence-corrected chi connectivity index (χ0v) is 25.1. The van der Waals surface area contributed by atoms with Gasteiger partial charge in [0.25, 0.3) is 0 Å². The molecule has 4 aliphatic carbocycles. The molecule has 0 aromatic heterocycles. The van der Waals surface area contributed by atoms with Gasteiger partial charge in [0, 0.05) is 55.2 Å². The smallest absolute Gasteiger partial charge is 0.326 e. The van der Waals surface area contributed by atoms with Crippen LogP contribution in [0.5, 0.6) is 11.5 Å². The molecule has 9 nitrogen and oxygen atoms in total. The predicted molar refractivity (Wildman–Crippen MR) is 155 cm³/mol. The molecule has 0 spiro atoms. The number of carbonyl (C=O) groups is 4. The van der Waals surface area contributed by atoms with Crippen molar-refractivity contribution in [1.82, 2.24) is 4.90 Å². The standard InChI is InChI=1S/C35H35NO8/c1-17(37)43-24-12-13-25(44-18(2)38)27-23-15-22(26(24)27)30-31(23)35(33(40)42-4)29-21-11-10-20(14-21)28(29)34(30,32(39)41-3)36(35)16-19-8-6-5-7-9-19/h5-13,20-23,28-31H,14-16H2,1-4H3/t20-,21+,22-,23+,28+,29-,30-,31+,34+,35-. The highest BCUT2D eigenvalue weighted by atomic mass is 16.5. The van der Waals surface area contributed by atoms with E-state index >= 15 is 0 Å². The van der Waals surface area contributed by atoms with Crippen molar-refractivity contribution in [3.05, 3.63) is 71.3 Å². The molecule has 2 heterocycles. The Morgan fingerprint density at radius 3 is 1.61 bits per heavy atom. The maximum Gasteiger partial charge on any atom is 0.326 e. The average Bonchev–Trinajstić information content (AvgIpc) is 3.84. The lowest BCUT2D eigenvalue weighted by molar-refractivity contribution is -0.164.